The van der Waals surface area contributed by atoms with Crippen molar-refractivity contribution < 1.29 is 38.8 Å². The summed E-state index contributed by atoms with van der Waals surface area (Å²) in [6.07, 6.45) is 0.711. The van der Waals surface area contributed by atoms with Gasteiger partial charge in [-0.2, -0.15) is 0 Å². The predicted molar refractivity (Wildman–Crippen MR) is 118 cm³/mol. The lowest BCUT2D eigenvalue weighted by Gasteiger charge is -2.16. The van der Waals surface area contributed by atoms with Gasteiger partial charge in [0, 0.05) is 17.7 Å². The number of ketones is 1. The Bertz CT molecular complexity index is 1270. The molecule has 0 aliphatic heterocycles. The number of Topliss-reactive ketones (excluding diaryl/α,β-unsaturated/α-hetero) is 1. The van der Waals surface area contributed by atoms with E-state index in [1.165, 1.54) is 37.3 Å². The fourth-order valence-electron chi connectivity index (χ4n) is 3.16. The van der Waals surface area contributed by atoms with Crippen LogP contribution in [0.3, 0.4) is 0 Å². The van der Waals surface area contributed by atoms with Crippen LogP contribution in [-0.4, -0.2) is 46.4 Å². The number of aliphatic hydroxyl groups excluding tert-OH is 1. The number of hydrogen-bond acceptors (Lipinski definition) is 8. The highest BCUT2D eigenvalue weighted by molar-refractivity contribution is 5.96. The highest BCUT2D eigenvalue weighted by Crippen LogP contribution is 2.29. The Morgan fingerprint density at radius 3 is 2.52 bits per heavy atom. The number of benzene rings is 2. The standard InChI is InChI=1S/C24H22O9/c1-3-4-18-21(8-7-17-20(28)10-22(24(29)30)33-23(17)18)32-12-14(26)11-31-15-5-6-16(13(2)25)19(27)9-15/h3,5-10,14,26-27H,1,4,11-12H2,2H3,(H,29,30). The number of carbonyl (C=O) groups is 2. The Kier molecular flexibility index (Phi) is 7.14. The molecule has 9 heteroatoms. The van der Waals surface area contributed by atoms with Crippen molar-refractivity contribution in [2.45, 2.75) is 19.4 Å². The topological polar surface area (TPSA) is 144 Å². The lowest BCUT2D eigenvalue weighted by atomic mass is 10.1. The van der Waals surface area contributed by atoms with Gasteiger partial charge in [-0.05, 0) is 37.6 Å². The molecule has 33 heavy (non-hydrogen) atoms. The van der Waals surface area contributed by atoms with Crippen LogP contribution in [0.1, 0.15) is 33.4 Å². The molecule has 172 valence electrons. The molecule has 2 aromatic carbocycles. The molecule has 3 N–H and O–H groups in total. The quantitative estimate of drug-likeness (QED) is 0.311. The van der Waals surface area contributed by atoms with Gasteiger partial charge in [0.1, 0.15) is 42.1 Å². The van der Waals surface area contributed by atoms with Crippen molar-refractivity contribution in [1.29, 1.82) is 0 Å². The van der Waals surface area contributed by atoms with Gasteiger partial charge in [0.2, 0.25) is 5.76 Å². The number of carbonyl (C=O) groups excluding carboxylic acids is 1. The van der Waals surface area contributed by atoms with E-state index in [0.717, 1.165) is 6.07 Å². The molecule has 0 saturated carbocycles. The molecule has 0 fully saturated rings. The minimum Gasteiger partial charge on any atom is -0.507 e. The lowest BCUT2D eigenvalue weighted by molar-refractivity contribution is 0.0622. The average Bonchev–Trinajstić information content (AvgIpc) is 2.76. The SMILES string of the molecule is C=CCc1c(OCC(O)COc2ccc(C(C)=O)c(O)c2)ccc2c(=O)cc(C(=O)O)oc12. The van der Waals surface area contributed by atoms with Crippen molar-refractivity contribution >= 4 is 22.7 Å². The van der Waals surface area contributed by atoms with E-state index in [4.69, 9.17) is 13.9 Å². The third-order valence-electron chi connectivity index (χ3n) is 4.74. The first kappa shape index (κ1) is 23.6. The maximum absolute atomic E-state index is 12.3. The Morgan fingerprint density at radius 2 is 1.88 bits per heavy atom. The van der Waals surface area contributed by atoms with Crippen LogP contribution in [-0.2, 0) is 6.42 Å². The summed E-state index contributed by atoms with van der Waals surface area (Å²) in [7, 11) is 0. The summed E-state index contributed by atoms with van der Waals surface area (Å²) >= 11 is 0. The van der Waals surface area contributed by atoms with Crippen LogP contribution < -0.4 is 14.9 Å². The maximum atomic E-state index is 12.3. The summed E-state index contributed by atoms with van der Waals surface area (Å²) in [5, 5.41) is 29.5. The largest absolute Gasteiger partial charge is 0.507 e. The lowest BCUT2D eigenvalue weighted by Crippen LogP contribution is -2.25. The monoisotopic (exact) mass is 454 g/mol. The van der Waals surface area contributed by atoms with Gasteiger partial charge in [-0.15, -0.1) is 6.58 Å². The number of rotatable bonds is 10. The highest BCUT2D eigenvalue weighted by Gasteiger charge is 2.18. The number of aromatic hydroxyl groups is 1. The second kappa shape index (κ2) is 10.0. The van der Waals surface area contributed by atoms with Gasteiger partial charge in [-0.1, -0.05) is 6.08 Å². The summed E-state index contributed by atoms with van der Waals surface area (Å²) in [5.41, 5.74) is 0.151. The van der Waals surface area contributed by atoms with E-state index in [9.17, 15) is 29.7 Å². The van der Waals surface area contributed by atoms with E-state index in [1.807, 2.05) is 0 Å². The summed E-state index contributed by atoms with van der Waals surface area (Å²) in [5.74, 6) is -1.84. The second-order valence-electron chi connectivity index (χ2n) is 7.20. The van der Waals surface area contributed by atoms with Crippen LogP contribution in [0, 0.1) is 0 Å². The maximum Gasteiger partial charge on any atom is 0.371 e. The Morgan fingerprint density at radius 1 is 1.15 bits per heavy atom. The average molecular weight is 454 g/mol. The molecular weight excluding hydrogens is 432 g/mol. The first-order chi connectivity index (χ1) is 15.7. The van der Waals surface area contributed by atoms with E-state index in [1.54, 1.807) is 6.08 Å². The van der Waals surface area contributed by atoms with E-state index in [2.05, 4.69) is 6.58 Å². The van der Waals surface area contributed by atoms with E-state index in [0.29, 0.717) is 5.56 Å². The van der Waals surface area contributed by atoms with E-state index in [-0.39, 0.29) is 59.2 Å². The van der Waals surface area contributed by atoms with Crippen LogP contribution >= 0.6 is 0 Å². The van der Waals surface area contributed by atoms with Crippen LogP contribution in [0.2, 0.25) is 0 Å². The zero-order chi connectivity index (χ0) is 24.1. The second-order valence-corrected chi connectivity index (χ2v) is 7.20. The number of allylic oxidation sites excluding steroid dienone is 1. The Balaban J connectivity index is 1.74. The number of phenols is 1. The zero-order valence-electron chi connectivity index (χ0n) is 17.7. The van der Waals surface area contributed by atoms with Crippen molar-refractivity contribution in [3.63, 3.8) is 0 Å². The van der Waals surface area contributed by atoms with Crippen molar-refractivity contribution in [1.82, 2.24) is 0 Å². The number of fused-ring (bicyclic) bond motifs is 1. The van der Waals surface area contributed by atoms with Crippen molar-refractivity contribution in [2.24, 2.45) is 0 Å². The molecule has 0 aliphatic carbocycles. The molecule has 0 radical (unpaired) electrons. The number of phenolic OH excluding ortho intramolecular Hbond substituents is 1. The van der Waals surface area contributed by atoms with Gasteiger partial charge in [-0.3, -0.25) is 9.59 Å². The molecule has 0 bridgehead atoms. The van der Waals surface area contributed by atoms with Gasteiger partial charge >= 0.3 is 5.97 Å². The van der Waals surface area contributed by atoms with Gasteiger partial charge in [0.25, 0.3) is 0 Å². The minimum absolute atomic E-state index is 0.0732. The summed E-state index contributed by atoms with van der Waals surface area (Å²) in [4.78, 5) is 34.9. The summed E-state index contributed by atoms with van der Waals surface area (Å²) < 4.78 is 16.5. The number of carboxylic acid groups (broad SMARTS) is 1. The molecule has 1 heterocycles. The zero-order valence-corrected chi connectivity index (χ0v) is 17.7. The number of carboxylic acids is 1. The van der Waals surface area contributed by atoms with Crippen LogP contribution in [0.4, 0.5) is 0 Å². The first-order valence-corrected chi connectivity index (χ1v) is 9.92. The van der Waals surface area contributed by atoms with Gasteiger partial charge in [0.15, 0.2) is 11.2 Å². The van der Waals surface area contributed by atoms with Gasteiger partial charge in [0.05, 0.1) is 10.9 Å². The Hall–Kier alpha value is -4.11. The third kappa shape index (κ3) is 5.39. The van der Waals surface area contributed by atoms with Gasteiger partial charge < -0.3 is 29.2 Å². The summed E-state index contributed by atoms with van der Waals surface area (Å²) in [6.45, 7) is 4.64. The number of hydrogen-bond donors (Lipinski definition) is 3. The number of aromatic carboxylic acids is 1. The van der Waals surface area contributed by atoms with Crippen molar-refractivity contribution in [2.75, 3.05) is 13.2 Å². The molecule has 0 saturated heterocycles. The number of ether oxygens (including phenoxy) is 2. The molecule has 9 nitrogen and oxygen atoms in total. The molecule has 0 aliphatic rings. The third-order valence-corrected chi connectivity index (χ3v) is 4.74. The first-order valence-electron chi connectivity index (χ1n) is 9.92. The smallest absolute Gasteiger partial charge is 0.371 e. The fraction of sp³-hybridized carbons (Fsp3) is 0.208. The van der Waals surface area contributed by atoms with Crippen LogP contribution in [0.25, 0.3) is 11.0 Å². The molecule has 1 aromatic heterocycles. The molecule has 0 amide bonds. The van der Waals surface area contributed by atoms with Crippen molar-refractivity contribution in [3.05, 3.63) is 76.2 Å². The highest BCUT2D eigenvalue weighted by atomic mass is 16.5. The van der Waals surface area contributed by atoms with Gasteiger partial charge in [-0.25, -0.2) is 4.79 Å². The minimum atomic E-state index is -1.38. The van der Waals surface area contributed by atoms with E-state index < -0.39 is 23.3 Å². The van der Waals surface area contributed by atoms with Crippen LogP contribution in [0.5, 0.6) is 17.2 Å². The molecule has 3 aromatic rings. The normalized spacial score (nSPS) is 11.7. The molecular formula is C24H22O9. The molecule has 3 rings (SSSR count). The van der Waals surface area contributed by atoms with Crippen molar-refractivity contribution in [3.8, 4) is 17.2 Å². The van der Waals surface area contributed by atoms with E-state index >= 15 is 0 Å². The summed E-state index contributed by atoms with van der Waals surface area (Å²) in [6, 6.07) is 8.09. The molecule has 1 unspecified atom stereocenters. The molecule has 1 atom stereocenters. The van der Waals surface area contributed by atoms with Crippen LogP contribution in [0.15, 0.2) is 58.3 Å². The molecule has 0 spiro atoms. The Labute approximate surface area is 188 Å². The predicted octanol–water partition coefficient (Wildman–Crippen LogP) is 2.95. The number of aliphatic hydroxyl groups is 1. The fourth-order valence-corrected chi connectivity index (χ4v) is 3.16.